The summed E-state index contributed by atoms with van der Waals surface area (Å²) >= 11 is 12.4. The molecule has 2 aromatic carbocycles. The zero-order chi connectivity index (χ0) is 19.3. The highest BCUT2D eigenvalue weighted by Crippen LogP contribution is 2.29. The molecule has 6 heteroatoms. The molecule has 0 N–H and O–H groups in total. The van der Waals surface area contributed by atoms with E-state index in [0.717, 1.165) is 11.1 Å². The Balaban J connectivity index is 1.44. The second kappa shape index (κ2) is 8.30. The monoisotopic (exact) mass is 408 g/mol. The number of rotatable bonds is 5. The third kappa shape index (κ3) is 4.09. The minimum Gasteiger partial charge on any atom is -0.455 e. The molecular formula is C22H14Cl2N2O2. The van der Waals surface area contributed by atoms with E-state index in [9.17, 15) is 0 Å². The van der Waals surface area contributed by atoms with Crippen LogP contribution in [0.2, 0.25) is 10.0 Å². The molecule has 0 radical (unpaired) electrons. The van der Waals surface area contributed by atoms with E-state index in [0.29, 0.717) is 33.1 Å². The van der Waals surface area contributed by atoms with E-state index in [-0.39, 0.29) is 0 Å². The highest BCUT2D eigenvalue weighted by molar-refractivity contribution is 6.33. The average molecular weight is 409 g/mol. The zero-order valence-electron chi connectivity index (χ0n) is 14.5. The van der Waals surface area contributed by atoms with Crippen molar-refractivity contribution in [3.63, 3.8) is 0 Å². The summed E-state index contributed by atoms with van der Waals surface area (Å²) < 4.78 is 11.5. The van der Waals surface area contributed by atoms with E-state index in [4.69, 9.17) is 32.0 Å². The Kier molecular flexibility index (Phi) is 5.42. The first-order valence-corrected chi connectivity index (χ1v) is 9.22. The third-order valence-corrected chi connectivity index (χ3v) is 4.63. The molecule has 0 aliphatic heterocycles. The topological polar surface area (TPSA) is 51.0 Å². The first kappa shape index (κ1) is 18.3. The van der Waals surface area contributed by atoms with Crippen molar-refractivity contribution in [2.45, 2.75) is 0 Å². The van der Waals surface area contributed by atoms with Crippen LogP contribution in [0.4, 0.5) is 0 Å². The standard InChI is InChI=1S/C22H14Cl2N2O2/c23-19-7-3-1-5-17(19)21-11-9-15(27-21)13-25-26-14-16-10-12-22(28-16)18-6-2-4-8-20(18)24/h1-14H/b25-13-,26-14-. The van der Waals surface area contributed by atoms with Gasteiger partial charge in [0.2, 0.25) is 0 Å². The van der Waals surface area contributed by atoms with Crippen molar-refractivity contribution in [2.75, 3.05) is 0 Å². The molecule has 0 unspecified atom stereocenters. The minimum absolute atomic E-state index is 0.572. The van der Waals surface area contributed by atoms with Crippen molar-refractivity contribution < 1.29 is 8.83 Å². The van der Waals surface area contributed by atoms with E-state index in [2.05, 4.69) is 10.2 Å². The Hall–Kier alpha value is -3.08. The fourth-order valence-electron chi connectivity index (χ4n) is 2.64. The smallest absolute Gasteiger partial charge is 0.147 e. The van der Waals surface area contributed by atoms with Gasteiger partial charge in [-0.05, 0) is 48.5 Å². The van der Waals surface area contributed by atoms with Crippen LogP contribution in [0, 0.1) is 0 Å². The van der Waals surface area contributed by atoms with Gasteiger partial charge < -0.3 is 8.83 Å². The lowest BCUT2D eigenvalue weighted by molar-refractivity contribution is 0.573. The van der Waals surface area contributed by atoms with Gasteiger partial charge in [0.05, 0.1) is 22.5 Å². The van der Waals surface area contributed by atoms with Crippen molar-refractivity contribution in [1.82, 2.24) is 0 Å². The number of furan rings is 2. The Morgan fingerprint density at radius 1 is 0.571 bits per heavy atom. The summed E-state index contributed by atoms with van der Waals surface area (Å²) in [7, 11) is 0. The molecule has 28 heavy (non-hydrogen) atoms. The van der Waals surface area contributed by atoms with Crippen LogP contribution in [0.15, 0.2) is 91.8 Å². The van der Waals surface area contributed by atoms with E-state index in [1.165, 1.54) is 12.4 Å². The van der Waals surface area contributed by atoms with Gasteiger partial charge in [-0.2, -0.15) is 10.2 Å². The molecule has 0 aliphatic rings. The highest BCUT2D eigenvalue weighted by Gasteiger charge is 2.08. The maximum absolute atomic E-state index is 6.18. The first-order valence-electron chi connectivity index (χ1n) is 8.46. The van der Waals surface area contributed by atoms with Crippen LogP contribution in [-0.2, 0) is 0 Å². The number of halogens is 2. The Morgan fingerprint density at radius 3 is 1.43 bits per heavy atom. The van der Waals surface area contributed by atoms with Crippen LogP contribution in [-0.4, -0.2) is 12.4 Å². The quantitative estimate of drug-likeness (QED) is 0.264. The first-order chi connectivity index (χ1) is 13.7. The van der Waals surface area contributed by atoms with Crippen LogP contribution in [0.3, 0.4) is 0 Å². The zero-order valence-corrected chi connectivity index (χ0v) is 16.1. The summed E-state index contributed by atoms with van der Waals surface area (Å²) in [6, 6.07) is 22.3. The molecule has 0 aliphatic carbocycles. The van der Waals surface area contributed by atoms with Gasteiger partial charge in [-0.3, -0.25) is 0 Å². The summed E-state index contributed by atoms with van der Waals surface area (Å²) in [6.45, 7) is 0. The molecule has 0 amide bonds. The molecular weight excluding hydrogens is 395 g/mol. The van der Waals surface area contributed by atoms with Crippen molar-refractivity contribution in [3.8, 4) is 22.6 Å². The summed E-state index contributed by atoms with van der Waals surface area (Å²) in [6.07, 6.45) is 3.05. The van der Waals surface area contributed by atoms with Crippen molar-refractivity contribution >= 4 is 35.6 Å². The van der Waals surface area contributed by atoms with Gasteiger partial charge in [-0.15, -0.1) is 0 Å². The molecule has 0 saturated carbocycles. The maximum Gasteiger partial charge on any atom is 0.147 e. The number of benzene rings is 2. The Labute approximate surface area is 171 Å². The molecule has 4 aromatic rings. The van der Waals surface area contributed by atoms with E-state index < -0.39 is 0 Å². The van der Waals surface area contributed by atoms with Gasteiger partial charge in [-0.25, -0.2) is 0 Å². The Bertz CT molecular complexity index is 1070. The molecule has 2 heterocycles. The lowest BCUT2D eigenvalue weighted by Crippen LogP contribution is -1.77. The largest absolute Gasteiger partial charge is 0.455 e. The SMILES string of the molecule is Clc1ccccc1-c1ccc(/C=N\N=C/c2ccc(-c3ccccc3Cl)o2)o1. The molecule has 4 rings (SSSR count). The molecule has 0 bridgehead atoms. The van der Waals surface area contributed by atoms with Gasteiger partial charge in [0.15, 0.2) is 0 Å². The van der Waals surface area contributed by atoms with Gasteiger partial charge in [0.25, 0.3) is 0 Å². The maximum atomic E-state index is 6.18. The second-order valence-corrected chi connectivity index (χ2v) is 6.67. The molecule has 0 saturated heterocycles. The van der Waals surface area contributed by atoms with E-state index >= 15 is 0 Å². The molecule has 4 nitrogen and oxygen atoms in total. The fourth-order valence-corrected chi connectivity index (χ4v) is 3.09. The third-order valence-electron chi connectivity index (χ3n) is 3.97. The normalized spacial score (nSPS) is 11.6. The second-order valence-electron chi connectivity index (χ2n) is 5.85. The van der Waals surface area contributed by atoms with E-state index in [1.54, 1.807) is 12.1 Å². The number of hydrogen-bond acceptors (Lipinski definition) is 4. The molecule has 0 atom stereocenters. The van der Waals surface area contributed by atoms with Gasteiger partial charge in [0.1, 0.15) is 23.0 Å². The minimum atomic E-state index is 0.572. The molecule has 0 spiro atoms. The van der Waals surface area contributed by atoms with Gasteiger partial charge >= 0.3 is 0 Å². The van der Waals surface area contributed by atoms with Crippen LogP contribution in [0.25, 0.3) is 22.6 Å². The lowest BCUT2D eigenvalue weighted by Gasteiger charge is -1.98. The molecule has 0 fully saturated rings. The summed E-state index contributed by atoms with van der Waals surface area (Å²) in [5.74, 6) is 2.49. The van der Waals surface area contributed by atoms with Crippen molar-refractivity contribution in [2.24, 2.45) is 10.2 Å². The van der Waals surface area contributed by atoms with Crippen molar-refractivity contribution in [1.29, 1.82) is 0 Å². The average Bonchev–Trinajstić information content (AvgIpc) is 3.36. The number of hydrogen-bond donors (Lipinski definition) is 0. The number of nitrogens with zero attached hydrogens (tertiary/aromatic N) is 2. The van der Waals surface area contributed by atoms with Crippen molar-refractivity contribution in [3.05, 3.63) is 94.4 Å². The predicted molar refractivity (Wildman–Crippen MR) is 113 cm³/mol. The molecule has 138 valence electrons. The Morgan fingerprint density at radius 2 is 1.00 bits per heavy atom. The van der Waals surface area contributed by atoms with Gasteiger partial charge in [-0.1, -0.05) is 47.5 Å². The summed E-state index contributed by atoms with van der Waals surface area (Å²) in [5.41, 5.74) is 1.66. The van der Waals surface area contributed by atoms with E-state index in [1.807, 2.05) is 60.7 Å². The summed E-state index contributed by atoms with van der Waals surface area (Å²) in [5, 5.41) is 9.26. The lowest BCUT2D eigenvalue weighted by atomic mass is 10.2. The fraction of sp³-hybridized carbons (Fsp3) is 0. The van der Waals surface area contributed by atoms with Crippen LogP contribution >= 0.6 is 23.2 Å². The van der Waals surface area contributed by atoms with Gasteiger partial charge in [0, 0.05) is 11.1 Å². The highest BCUT2D eigenvalue weighted by atomic mass is 35.5. The van der Waals surface area contributed by atoms with Crippen LogP contribution < -0.4 is 0 Å². The molecule has 2 aromatic heterocycles. The van der Waals surface area contributed by atoms with Crippen LogP contribution in [0.5, 0.6) is 0 Å². The van der Waals surface area contributed by atoms with Crippen LogP contribution in [0.1, 0.15) is 11.5 Å². The summed E-state index contributed by atoms with van der Waals surface area (Å²) in [4.78, 5) is 0. The predicted octanol–water partition coefficient (Wildman–Crippen LogP) is 6.97.